The maximum absolute atomic E-state index is 6.43. The van der Waals surface area contributed by atoms with Crippen molar-refractivity contribution in [2.75, 3.05) is 26.9 Å². The van der Waals surface area contributed by atoms with Gasteiger partial charge in [0.2, 0.25) is 0 Å². The van der Waals surface area contributed by atoms with Crippen molar-refractivity contribution in [2.24, 2.45) is 0 Å². The van der Waals surface area contributed by atoms with Crippen LogP contribution in [0.3, 0.4) is 0 Å². The van der Waals surface area contributed by atoms with E-state index in [9.17, 15) is 0 Å². The van der Waals surface area contributed by atoms with Gasteiger partial charge in [0.05, 0.1) is 18.2 Å². The fraction of sp³-hybridized carbons (Fsp3) is 0.368. The number of methoxy groups -OCH3 is 1. The highest BCUT2D eigenvalue weighted by Gasteiger charge is 2.14. The molecule has 0 amide bonds. The molecule has 0 atom stereocenters. The summed E-state index contributed by atoms with van der Waals surface area (Å²) in [5.41, 5.74) is 1.83. The van der Waals surface area contributed by atoms with E-state index in [1.807, 2.05) is 25.1 Å². The monoisotopic (exact) mass is 417 g/mol. The molecule has 0 spiro atoms. The Balaban J connectivity index is 2.13. The maximum atomic E-state index is 6.43. The largest absolute Gasteiger partial charge is 0.490 e. The van der Waals surface area contributed by atoms with Crippen LogP contribution in [0, 0.1) is 0 Å². The standard InChI is InChI=1S/C19H22Cl3NO3/c1-3-25-18-9-13(11-23-6-7-24-2)8-17(22)19(18)26-12-14-4-5-15(20)10-16(14)21/h4-5,8-10,23H,3,6-7,11-12H2,1-2H3. The molecule has 0 bridgehead atoms. The van der Waals surface area contributed by atoms with Crippen LogP contribution >= 0.6 is 34.8 Å². The SMILES string of the molecule is CCOc1cc(CNCCOC)cc(Cl)c1OCc1ccc(Cl)cc1Cl. The summed E-state index contributed by atoms with van der Waals surface area (Å²) in [6.45, 7) is 4.75. The molecular formula is C19H22Cl3NO3. The summed E-state index contributed by atoms with van der Waals surface area (Å²) in [5, 5.41) is 4.90. The highest BCUT2D eigenvalue weighted by atomic mass is 35.5. The Morgan fingerprint density at radius 2 is 1.81 bits per heavy atom. The average Bonchev–Trinajstić information content (AvgIpc) is 2.60. The minimum absolute atomic E-state index is 0.265. The second-order valence-electron chi connectivity index (χ2n) is 5.53. The summed E-state index contributed by atoms with van der Waals surface area (Å²) in [5.74, 6) is 1.11. The second-order valence-corrected chi connectivity index (χ2v) is 6.78. The number of benzene rings is 2. The normalized spacial score (nSPS) is 10.8. The van der Waals surface area contributed by atoms with Gasteiger partial charge >= 0.3 is 0 Å². The molecule has 0 radical (unpaired) electrons. The van der Waals surface area contributed by atoms with Gasteiger partial charge in [0, 0.05) is 35.8 Å². The molecule has 0 saturated heterocycles. The predicted octanol–water partition coefficient (Wildman–Crippen LogP) is 5.36. The Kier molecular flexibility index (Phi) is 8.82. The number of ether oxygens (including phenoxy) is 3. The van der Waals surface area contributed by atoms with Gasteiger partial charge in [-0.2, -0.15) is 0 Å². The van der Waals surface area contributed by atoms with Gasteiger partial charge in [-0.1, -0.05) is 40.9 Å². The summed E-state index contributed by atoms with van der Waals surface area (Å²) >= 11 is 18.6. The van der Waals surface area contributed by atoms with E-state index in [-0.39, 0.29) is 6.61 Å². The van der Waals surface area contributed by atoms with Gasteiger partial charge in [0.1, 0.15) is 6.61 Å². The molecule has 2 aromatic carbocycles. The van der Waals surface area contributed by atoms with Gasteiger partial charge in [-0.15, -0.1) is 0 Å². The van der Waals surface area contributed by atoms with Gasteiger partial charge in [-0.3, -0.25) is 0 Å². The Hall–Kier alpha value is -1.17. The summed E-state index contributed by atoms with van der Waals surface area (Å²) in [4.78, 5) is 0. The zero-order valence-corrected chi connectivity index (χ0v) is 17.0. The molecule has 0 aliphatic heterocycles. The number of hydrogen-bond donors (Lipinski definition) is 1. The molecule has 2 rings (SSSR count). The Morgan fingerprint density at radius 3 is 2.50 bits per heavy atom. The fourth-order valence-corrected chi connectivity index (χ4v) is 3.07. The lowest BCUT2D eigenvalue weighted by atomic mass is 10.2. The summed E-state index contributed by atoms with van der Waals surface area (Å²) in [6.07, 6.45) is 0. The third-order valence-electron chi connectivity index (χ3n) is 3.57. The van der Waals surface area contributed by atoms with Gasteiger partial charge in [-0.25, -0.2) is 0 Å². The quantitative estimate of drug-likeness (QED) is 0.527. The molecule has 26 heavy (non-hydrogen) atoms. The molecule has 2 aromatic rings. The molecule has 4 nitrogen and oxygen atoms in total. The van der Waals surface area contributed by atoms with Gasteiger partial charge in [0.15, 0.2) is 11.5 Å². The van der Waals surface area contributed by atoms with E-state index in [4.69, 9.17) is 49.0 Å². The zero-order valence-electron chi connectivity index (χ0n) is 14.8. The maximum Gasteiger partial charge on any atom is 0.180 e. The van der Waals surface area contributed by atoms with Crippen LogP contribution in [0.15, 0.2) is 30.3 Å². The second kappa shape index (κ2) is 10.9. The number of hydrogen-bond acceptors (Lipinski definition) is 4. The van der Waals surface area contributed by atoms with Crippen LogP contribution in [-0.4, -0.2) is 26.9 Å². The smallest absolute Gasteiger partial charge is 0.180 e. The van der Waals surface area contributed by atoms with Crippen molar-refractivity contribution in [1.29, 1.82) is 0 Å². The van der Waals surface area contributed by atoms with Crippen LogP contribution in [0.5, 0.6) is 11.5 Å². The molecular weight excluding hydrogens is 397 g/mol. The van der Waals surface area contributed by atoms with Crippen LogP contribution < -0.4 is 14.8 Å². The molecule has 142 valence electrons. The molecule has 0 saturated carbocycles. The van der Waals surface area contributed by atoms with Crippen LogP contribution in [0.1, 0.15) is 18.1 Å². The van der Waals surface area contributed by atoms with Gasteiger partial charge in [0.25, 0.3) is 0 Å². The molecule has 7 heteroatoms. The van der Waals surface area contributed by atoms with E-state index >= 15 is 0 Å². The lowest BCUT2D eigenvalue weighted by Crippen LogP contribution is -2.18. The number of rotatable bonds is 10. The van der Waals surface area contributed by atoms with E-state index in [1.54, 1.807) is 19.2 Å². The van der Waals surface area contributed by atoms with Crippen LogP contribution in [-0.2, 0) is 17.9 Å². The Morgan fingerprint density at radius 1 is 1.00 bits per heavy atom. The minimum atomic E-state index is 0.265. The van der Waals surface area contributed by atoms with E-state index in [0.29, 0.717) is 46.3 Å². The first-order valence-corrected chi connectivity index (χ1v) is 9.40. The Labute approximate surface area is 169 Å². The van der Waals surface area contributed by atoms with E-state index < -0.39 is 0 Å². The van der Waals surface area contributed by atoms with E-state index in [0.717, 1.165) is 17.7 Å². The van der Waals surface area contributed by atoms with Crippen molar-refractivity contribution >= 4 is 34.8 Å². The van der Waals surface area contributed by atoms with Crippen molar-refractivity contribution < 1.29 is 14.2 Å². The van der Waals surface area contributed by atoms with Gasteiger partial charge in [-0.05, 0) is 36.8 Å². The van der Waals surface area contributed by atoms with Crippen LogP contribution in [0.4, 0.5) is 0 Å². The van der Waals surface area contributed by atoms with Crippen molar-refractivity contribution in [2.45, 2.75) is 20.1 Å². The van der Waals surface area contributed by atoms with Crippen LogP contribution in [0.2, 0.25) is 15.1 Å². The molecule has 0 aliphatic rings. The first-order valence-electron chi connectivity index (χ1n) is 8.26. The lowest BCUT2D eigenvalue weighted by Gasteiger charge is -2.16. The van der Waals surface area contributed by atoms with Crippen molar-refractivity contribution in [3.8, 4) is 11.5 Å². The van der Waals surface area contributed by atoms with Crippen molar-refractivity contribution in [3.63, 3.8) is 0 Å². The number of halogens is 3. The minimum Gasteiger partial charge on any atom is -0.490 e. The van der Waals surface area contributed by atoms with Crippen LogP contribution in [0.25, 0.3) is 0 Å². The third kappa shape index (κ3) is 6.22. The zero-order chi connectivity index (χ0) is 18.9. The van der Waals surface area contributed by atoms with Crippen molar-refractivity contribution in [1.82, 2.24) is 5.32 Å². The molecule has 1 N–H and O–H groups in total. The molecule has 0 aliphatic carbocycles. The molecule has 0 unspecified atom stereocenters. The van der Waals surface area contributed by atoms with E-state index in [1.165, 1.54) is 0 Å². The first kappa shape index (κ1) is 21.1. The average molecular weight is 419 g/mol. The molecule has 0 heterocycles. The third-order valence-corrected chi connectivity index (χ3v) is 4.44. The highest BCUT2D eigenvalue weighted by Crippen LogP contribution is 2.37. The predicted molar refractivity (Wildman–Crippen MR) is 107 cm³/mol. The highest BCUT2D eigenvalue weighted by molar-refractivity contribution is 6.35. The molecule has 0 aromatic heterocycles. The van der Waals surface area contributed by atoms with Crippen molar-refractivity contribution in [3.05, 3.63) is 56.5 Å². The topological polar surface area (TPSA) is 39.7 Å². The number of nitrogens with one attached hydrogen (secondary N) is 1. The Bertz CT molecular complexity index is 725. The molecule has 0 fully saturated rings. The van der Waals surface area contributed by atoms with E-state index in [2.05, 4.69) is 5.32 Å². The summed E-state index contributed by atoms with van der Waals surface area (Å²) < 4.78 is 16.6. The lowest BCUT2D eigenvalue weighted by molar-refractivity contribution is 0.199. The van der Waals surface area contributed by atoms with Gasteiger partial charge < -0.3 is 19.5 Å². The summed E-state index contributed by atoms with van der Waals surface area (Å²) in [6, 6.07) is 9.07. The fourth-order valence-electron chi connectivity index (χ4n) is 2.32. The summed E-state index contributed by atoms with van der Waals surface area (Å²) in [7, 11) is 1.67. The first-order chi connectivity index (χ1) is 12.5.